The highest BCUT2D eigenvalue weighted by Gasteiger charge is 2.33. The van der Waals surface area contributed by atoms with E-state index in [9.17, 15) is 4.79 Å². The van der Waals surface area contributed by atoms with Gasteiger partial charge in [-0.15, -0.1) is 5.10 Å². The van der Waals surface area contributed by atoms with Crippen LogP contribution in [0.2, 0.25) is 0 Å². The fourth-order valence-corrected chi connectivity index (χ4v) is 4.86. The van der Waals surface area contributed by atoms with Gasteiger partial charge < -0.3 is 4.90 Å². The van der Waals surface area contributed by atoms with Crippen LogP contribution in [0.25, 0.3) is 0 Å². The molecule has 0 bridgehead atoms. The fraction of sp³-hybridized carbons (Fsp3) is 0.391. The normalized spacial score (nSPS) is 16.4. The standard InChI is InChI=1S/C23H26N4OS/c1-4-19-22(29-26-25-19)23(28)27-10-6-9-21(27)20-14-18(12-16(3)24-20)13-17-8-5-7-15(2)11-17/h5,7-8,11-12,14,21H,4,6,9-10,13H2,1-3H3/t21-/m1/s1. The smallest absolute Gasteiger partial charge is 0.268 e. The van der Waals surface area contributed by atoms with Gasteiger partial charge in [0.25, 0.3) is 5.91 Å². The number of likely N-dealkylation sites (tertiary alicyclic amines) is 1. The molecule has 4 rings (SSSR count). The van der Waals surface area contributed by atoms with Crippen molar-refractivity contribution in [3.63, 3.8) is 0 Å². The Morgan fingerprint density at radius 2 is 2.07 bits per heavy atom. The van der Waals surface area contributed by atoms with Gasteiger partial charge in [0, 0.05) is 12.2 Å². The summed E-state index contributed by atoms with van der Waals surface area (Å²) in [5.74, 6) is 0.0443. The summed E-state index contributed by atoms with van der Waals surface area (Å²) in [6.45, 7) is 6.92. The number of carbonyl (C=O) groups excluding carboxylic acids is 1. The van der Waals surface area contributed by atoms with Crippen molar-refractivity contribution in [3.8, 4) is 0 Å². The van der Waals surface area contributed by atoms with Crippen molar-refractivity contribution < 1.29 is 4.79 Å². The minimum absolute atomic E-state index is 0.0189. The number of benzene rings is 1. The Labute approximate surface area is 176 Å². The van der Waals surface area contributed by atoms with Gasteiger partial charge in [0.15, 0.2) is 0 Å². The Hall–Kier alpha value is -2.60. The number of aryl methyl sites for hydroxylation is 3. The van der Waals surface area contributed by atoms with E-state index in [1.807, 2.05) is 18.7 Å². The van der Waals surface area contributed by atoms with E-state index in [1.165, 1.54) is 28.2 Å². The summed E-state index contributed by atoms with van der Waals surface area (Å²) >= 11 is 1.20. The molecule has 3 heterocycles. The van der Waals surface area contributed by atoms with Gasteiger partial charge in [-0.2, -0.15) is 0 Å². The van der Waals surface area contributed by atoms with Crippen LogP contribution in [-0.4, -0.2) is 31.9 Å². The highest BCUT2D eigenvalue weighted by atomic mass is 32.1. The Morgan fingerprint density at radius 3 is 2.86 bits per heavy atom. The zero-order chi connectivity index (χ0) is 20.4. The molecule has 29 heavy (non-hydrogen) atoms. The molecule has 2 aromatic heterocycles. The van der Waals surface area contributed by atoms with Crippen LogP contribution in [0, 0.1) is 13.8 Å². The van der Waals surface area contributed by atoms with Gasteiger partial charge in [-0.25, -0.2) is 0 Å². The van der Waals surface area contributed by atoms with Crippen LogP contribution in [0.1, 0.15) is 69.3 Å². The van der Waals surface area contributed by atoms with Crippen LogP contribution in [0.5, 0.6) is 0 Å². The molecule has 1 fully saturated rings. The average molecular weight is 407 g/mol. The molecule has 1 aliphatic heterocycles. The van der Waals surface area contributed by atoms with Gasteiger partial charge in [-0.05, 0) is 74.3 Å². The third kappa shape index (κ3) is 4.22. The molecule has 3 aromatic rings. The fourth-order valence-electron chi connectivity index (χ4n) is 4.15. The lowest BCUT2D eigenvalue weighted by molar-refractivity contribution is 0.0736. The largest absolute Gasteiger partial charge is 0.329 e. The van der Waals surface area contributed by atoms with E-state index in [0.29, 0.717) is 4.88 Å². The van der Waals surface area contributed by atoms with E-state index in [4.69, 9.17) is 4.98 Å². The van der Waals surface area contributed by atoms with Crippen LogP contribution in [0.15, 0.2) is 36.4 Å². The summed E-state index contributed by atoms with van der Waals surface area (Å²) in [5, 5.41) is 4.11. The monoisotopic (exact) mass is 406 g/mol. The van der Waals surface area contributed by atoms with Crippen molar-refractivity contribution in [2.45, 2.75) is 52.5 Å². The molecule has 150 valence electrons. The van der Waals surface area contributed by atoms with E-state index < -0.39 is 0 Å². The van der Waals surface area contributed by atoms with E-state index in [2.05, 4.69) is 52.9 Å². The first kappa shape index (κ1) is 19.7. The maximum absolute atomic E-state index is 13.2. The van der Waals surface area contributed by atoms with Gasteiger partial charge in [0.1, 0.15) is 4.88 Å². The second-order valence-electron chi connectivity index (χ2n) is 7.77. The van der Waals surface area contributed by atoms with Crippen LogP contribution in [0.4, 0.5) is 0 Å². The van der Waals surface area contributed by atoms with E-state index >= 15 is 0 Å². The molecule has 1 amide bonds. The van der Waals surface area contributed by atoms with Crippen LogP contribution < -0.4 is 0 Å². The number of hydrogen-bond donors (Lipinski definition) is 0. The van der Waals surface area contributed by atoms with Crippen LogP contribution >= 0.6 is 11.5 Å². The molecule has 1 atom stereocenters. The molecule has 0 aliphatic carbocycles. The number of carbonyl (C=O) groups is 1. The van der Waals surface area contributed by atoms with Gasteiger partial charge in [0.2, 0.25) is 0 Å². The predicted molar refractivity (Wildman–Crippen MR) is 115 cm³/mol. The minimum Gasteiger partial charge on any atom is -0.329 e. The van der Waals surface area contributed by atoms with Crippen LogP contribution in [0.3, 0.4) is 0 Å². The topological polar surface area (TPSA) is 59.0 Å². The average Bonchev–Trinajstić information content (AvgIpc) is 3.36. The Balaban J connectivity index is 1.61. The van der Waals surface area contributed by atoms with Crippen molar-refractivity contribution in [2.75, 3.05) is 6.54 Å². The highest BCUT2D eigenvalue weighted by molar-refractivity contribution is 7.08. The molecule has 0 N–H and O–H groups in total. The lowest BCUT2D eigenvalue weighted by atomic mass is 10.0. The first-order valence-corrected chi connectivity index (χ1v) is 11.0. The van der Waals surface area contributed by atoms with Crippen molar-refractivity contribution in [1.29, 1.82) is 0 Å². The molecular weight excluding hydrogens is 380 g/mol. The molecule has 0 unspecified atom stereocenters. The van der Waals surface area contributed by atoms with Crippen LogP contribution in [-0.2, 0) is 12.8 Å². The van der Waals surface area contributed by atoms with E-state index in [0.717, 1.165) is 49.3 Å². The molecule has 0 spiro atoms. The number of pyridine rings is 1. The van der Waals surface area contributed by atoms with Gasteiger partial charge >= 0.3 is 0 Å². The minimum atomic E-state index is 0.0189. The quantitative estimate of drug-likeness (QED) is 0.617. The SMILES string of the molecule is CCc1nnsc1C(=O)N1CCC[C@@H]1c1cc(Cc2cccc(C)c2)cc(C)n1. The van der Waals surface area contributed by atoms with Crippen molar-refractivity contribution >= 4 is 17.4 Å². The first-order chi connectivity index (χ1) is 14.0. The molecule has 1 aromatic carbocycles. The summed E-state index contributed by atoms with van der Waals surface area (Å²) < 4.78 is 3.99. The molecule has 1 saturated heterocycles. The van der Waals surface area contributed by atoms with Crippen molar-refractivity contribution in [2.24, 2.45) is 0 Å². The summed E-state index contributed by atoms with van der Waals surface area (Å²) in [6.07, 6.45) is 3.53. The maximum atomic E-state index is 13.2. The predicted octanol–water partition coefficient (Wildman–Crippen LogP) is 4.68. The molecule has 1 aliphatic rings. The second-order valence-corrected chi connectivity index (χ2v) is 8.52. The maximum Gasteiger partial charge on any atom is 0.268 e. The number of nitrogens with zero attached hydrogens (tertiary/aromatic N) is 4. The molecular formula is C23H26N4OS. The lowest BCUT2D eigenvalue weighted by Gasteiger charge is -2.24. The molecule has 5 nitrogen and oxygen atoms in total. The Morgan fingerprint density at radius 1 is 1.21 bits per heavy atom. The highest BCUT2D eigenvalue weighted by Crippen LogP contribution is 2.34. The Kier molecular flexibility index (Phi) is 5.72. The molecule has 6 heteroatoms. The van der Waals surface area contributed by atoms with Gasteiger partial charge in [-0.3, -0.25) is 9.78 Å². The summed E-state index contributed by atoms with van der Waals surface area (Å²) in [6, 6.07) is 13.0. The lowest BCUT2D eigenvalue weighted by Crippen LogP contribution is -2.31. The van der Waals surface area contributed by atoms with E-state index in [-0.39, 0.29) is 11.9 Å². The Bertz CT molecular complexity index is 1030. The second kappa shape index (κ2) is 8.41. The van der Waals surface area contributed by atoms with Gasteiger partial charge in [0.05, 0.1) is 17.4 Å². The number of amides is 1. The third-order valence-electron chi connectivity index (χ3n) is 5.46. The molecule has 0 saturated carbocycles. The zero-order valence-corrected chi connectivity index (χ0v) is 18.0. The first-order valence-electron chi connectivity index (χ1n) is 10.2. The summed E-state index contributed by atoms with van der Waals surface area (Å²) in [7, 11) is 0. The number of aromatic nitrogens is 3. The molecule has 0 radical (unpaired) electrons. The summed E-state index contributed by atoms with van der Waals surface area (Å²) in [4.78, 5) is 20.6. The zero-order valence-electron chi connectivity index (χ0n) is 17.2. The summed E-state index contributed by atoms with van der Waals surface area (Å²) in [5.41, 5.74) is 6.59. The van der Waals surface area contributed by atoms with Crippen molar-refractivity contribution in [3.05, 3.63) is 75.0 Å². The third-order valence-corrected chi connectivity index (χ3v) is 6.22. The number of hydrogen-bond acceptors (Lipinski definition) is 5. The van der Waals surface area contributed by atoms with Crippen molar-refractivity contribution in [1.82, 2.24) is 19.5 Å². The van der Waals surface area contributed by atoms with E-state index in [1.54, 1.807) is 0 Å². The van der Waals surface area contributed by atoms with Gasteiger partial charge in [-0.1, -0.05) is 41.2 Å². The number of rotatable bonds is 5.